The van der Waals surface area contributed by atoms with Gasteiger partial charge in [-0.1, -0.05) is 24.3 Å². The van der Waals surface area contributed by atoms with Crippen molar-refractivity contribution in [3.63, 3.8) is 0 Å². The highest BCUT2D eigenvalue weighted by atomic mass is 16.5. The lowest BCUT2D eigenvalue weighted by molar-refractivity contribution is -0.123. The van der Waals surface area contributed by atoms with Gasteiger partial charge >= 0.3 is 0 Å². The smallest absolute Gasteiger partial charge is 0.234 e. The van der Waals surface area contributed by atoms with Crippen molar-refractivity contribution in [2.45, 2.75) is 37.9 Å². The molecule has 1 amide bonds. The predicted octanol–water partition coefficient (Wildman–Crippen LogP) is 1.02. The molecule has 3 aliphatic heterocycles. The Bertz CT molecular complexity index is 586. The first-order chi connectivity index (χ1) is 11.8. The second-order valence-electron chi connectivity index (χ2n) is 7.25. The van der Waals surface area contributed by atoms with Crippen molar-refractivity contribution in [2.75, 3.05) is 39.4 Å². The fourth-order valence-electron chi connectivity index (χ4n) is 4.26. The average molecular weight is 329 g/mol. The lowest BCUT2D eigenvalue weighted by Crippen LogP contribution is -2.52. The summed E-state index contributed by atoms with van der Waals surface area (Å²) in [6.07, 6.45) is 3.57. The van der Waals surface area contributed by atoms with Gasteiger partial charge in [-0.05, 0) is 43.5 Å². The van der Waals surface area contributed by atoms with E-state index in [4.69, 9.17) is 4.74 Å². The van der Waals surface area contributed by atoms with Crippen LogP contribution in [0.5, 0.6) is 0 Å². The minimum atomic E-state index is 0.133. The van der Waals surface area contributed by atoms with E-state index < -0.39 is 0 Å². The van der Waals surface area contributed by atoms with Crippen LogP contribution in [-0.2, 0) is 22.5 Å². The molecule has 3 heterocycles. The van der Waals surface area contributed by atoms with Crippen LogP contribution >= 0.6 is 0 Å². The minimum Gasteiger partial charge on any atom is -0.378 e. The summed E-state index contributed by atoms with van der Waals surface area (Å²) in [6.45, 7) is 6.00. The molecular weight excluding hydrogens is 302 g/mol. The number of ether oxygens (including phenoxy) is 1. The maximum atomic E-state index is 12.5. The van der Waals surface area contributed by atoms with Crippen LogP contribution in [-0.4, -0.2) is 67.2 Å². The molecule has 5 nitrogen and oxygen atoms in total. The molecule has 4 rings (SSSR count). The fourth-order valence-corrected chi connectivity index (χ4v) is 4.26. The van der Waals surface area contributed by atoms with Gasteiger partial charge < -0.3 is 10.1 Å². The number of hydrogen-bond acceptors (Lipinski definition) is 4. The Morgan fingerprint density at radius 1 is 1.12 bits per heavy atom. The molecule has 0 aromatic heterocycles. The van der Waals surface area contributed by atoms with Crippen molar-refractivity contribution in [1.82, 2.24) is 15.1 Å². The molecule has 2 fully saturated rings. The van der Waals surface area contributed by atoms with Crippen molar-refractivity contribution < 1.29 is 9.53 Å². The van der Waals surface area contributed by atoms with Crippen LogP contribution in [0.1, 0.15) is 24.0 Å². The molecule has 5 heteroatoms. The van der Waals surface area contributed by atoms with Crippen LogP contribution in [0, 0.1) is 0 Å². The minimum absolute atomic E-state index is 0.133. The number of hydrogen-bond donors (Lipinski definition) is 1. The van der Waals surface area contributed by atoms with Gasteiger partial charge in [0.2, 0.25) is 5.91 Å². The zero-order valence-corrected chi connectivity index (χ0v) is 14.2. The number of amides is 1. The third-order valence-corrected chi connectivity index (χ3v) is 5.58. The zero-order chi connectivity index (χ0) is 16.4. The first-order valence-electron chi connectivity index (χ1n) is 9.20. The van der Waals surface area contributed by atoms with Gasteiger partial charge in [0.05, 0.1) is 31.8 Å². The van der Waals surface area contributed by atoms with Crippen molar-refractivity contribution >= 4 is 5.91 Å². The maximum Gasteiger partial charge on any atom is 0.234 e. The summed E-state index contributed by atoms with van der Waals surface area (Å²) >= 11 is 0. The van der Waals surface area contributed by atoms with Gasteiger partial charge in [0, 0.05) is 13.1 Å². The molecule has 2 atom stereocenters. The molecule has 24 heavy (non-hydrogen) atoms. The van der Waals surface area contributed by atoms with E-state index in [-0.39, 0.29) is 11.9 Å². The lowest BCUT2D eigenvalue weighted by Gasteiger charge is -2.30. The lowest BCUT2D eigenvalue weighted by atomic mass is 10.00. The molecule has 1 aromatic carbocycles. The van der Waals surface area contributed by atoms with Gasteiger partial charge in [0.15, 0.2) is 0 Å². The van der Waals surface area contributed by atoms with E-state index in [0.717, 1.165) is 39.2 Å². The van der Waals surface area contributed by atoms with E-state index in [9.17, 15) is 4.79 Å². The molecule has 0 radical (unpaired) electrons. The number of nitrogens with one attached hydrogen (secondary N) is 1. The number of benzene rings is 1. The number of fused-ring (bicyclic) bond motifs is 1. The van der Waals surface area contributed by atoms with Crippen molar-refractivity contribution in [1.29, 1.82) is 0 Å². The molecule has 0 saturated carbocycles. The summed E-state index contributed by atoms with van der Waals surface area (Å²) in [5.41, 5.74) is 2.78. The highest BCUT2D eigenvalue weighted by Crippen LogP contribution is 2.20. The highest BCUT2D eigenvalue weighted by Gasteiger charge is 2.35. The number of likely N-dealkylation sites (tertiary alicyclic amines) is 1. The van der Waals surface area contributed by atoms with E-state index in [0.29, 0.717) is 19.2 Å². The molecule has 0 bridgehead atoms. The van der Waals surface area contributed by atoms with E-state index in [2.05, 4.69) is 39.4 Å². The Hall–Kier alpha value is -1.43. The third-order valence-electron chi connectivity index (χ3n) is 5.58. The van der Waals surface area contributed by atoms with Crippen LogP contribution in [0.25, 0.3) is 0 Å². The van der Waals surface area contributed by atoms with Crippen molar-refractivity contribution in [3.05, 3.63) is 35.4 Å². The Kier molecular flexibility index (Phi) is 4.83. The molecule has 2 saturated heterocycles. The first kappa shape index (κ1) is 16.1. The maximum absolute atomic E-state index is 12.5. The van der Waals surface area contributed by atoms with Crippen molar-refractivity contribution in [3.8, 4) is 0 Å². The molecule has 1 N–H and O–H groups in total. The molecule has 0 spiro atoms. The summed E-state index contributed by atoms with van der Waals surface area (Å²) in [7, 11) is 0. The monoisotopic (exact) mass is 329 g/mol. The molecular formula is C19H27N3O2. The Balaban J connectivity index is 1.30. The molecule has 130 valence electrons. The van der Waals surface area contributed by atoms with Gasteiger partial charge in [-0.3, -0.25) is 14.6 Å². The summed E-state index contributed by atoms with van der Waals surface area (Å²) in [6, 6.07) is 9.06. The Morgan fingerprint density at radius 3 is 2.75 bits per heavy atom. The summed E-state index contributed by atoms with van der Waals surface area (Å²) in [5.74, 6) is 0.133. The largest absolute Gasteiger partial charge is 0.378 e. The molecule has 0 unspecified atom stereocenters. The predicted molar refractivity (Wildman–Crippen MR) is 92.8 cm³/mol. The van der Waals surface area contributed by atoms with E-state index in [1.165, 1.54) is 24.0 Å². The first-order valence-corrected chi connectivity index (χ1v) is 9.20. The third kappa shape index (κ3) is 3.48. The standard InChI is InChI=1S/C19H27N3O2/c23-19(12-21-10-7-15-5-1-2-6-16(15)11-21)20-17-13-24-14-18(17)22-8-3-4-9-22/h1-2,5-6,17-18H,3-4,7-14H2,(H,20,23)/t17-,18-/m0/s1. The fraction of sp³-hybridized carbons (Fsp3) is 0.632. The van der Waals surface area contributed by atoms with E-state index in [1.807, 2.05) is 0 Å². The van der Waals surface area contributed by atoms with Gasteiger partial charge in [0.1, 0.15) is 0 Å². The topological polar surface area (TPSA) is 44.8 Å². The summed E-state index contributed by atoms with van der Waals surface area (Å²) in [4.78, 5) is 17.2. The number of nitrogens with zero attached hydrogens (tertiary/aromatic N) is 2. The number of carbonyl (C=O) groups excluding carboxylic acids is 1. The van der Waals surface area contributed by atoms with E-state index in [1.54, 1.807) is 0 Å². The Morgan fingerprint density at radius 2 is 1.92 bits per heavy atom. The van der Waals surface area contributed by atoms with Gasteiger partial charge in [0.25, 0.3) is 0 Å². The van der Waals surface area contributed by atoms with Crippen LogP contribution in [0.2, 0.25) is 0 Å². The molecule has 1 aromatic rings. The summed E-state index contributed by atoms with van der Waals surface area (Å²) < 4.78 is 5.65. The SMILES string of the molecule is O=C(CN1CCc2ccccc2C1)N[C@H]1COC[C@@H]1N1CCCC1. The van der Waals surface area contributed by atoms with Gasteiger partial charge in [-0.25, -0.2) is 0 Å². The summed E-state index contributed by atoms with van der Waals surface area (Å²) in [5, 5.41) is 3.23. The molecule has 0 aliphatic carbocycles. The van der Waals surface area contributed by atoms with Gasteiger partial charge in [-0.2, -0.15) is 0 Å². The van der Waals surface area contributed by atoms with Gasteiger partial charge in [-0.15, -0.1) is 0 Å². The Labute approximate surface area is 144 Å². The zero-order valence-electron chi connectivity index (χ0n) is 14.2. The van der Waals surface area contributed by atoms with Crippen LogP contribution < -0.4 is 5.32 Å². The number of carbonyl (C=O) groups is 1. The second kappa shape index (κ2) is 7.21. The van der Waals surface area contributed by atoms with Crippen LogP contribution in [0.4, 0.5) is 0 Å². The van der Waals surface area contributed by atoms with E-state index >= 15 is 0 Å². The normalized spacial score (nSPS) is 28.0. The van der Waals surface area contributed by atoms with Crippen molar-refractivity contribution in [2.24, 2.45) is 0 Å². The number of rotatable bonds is 4. The van der Waals surface area contributed by atoms with Crippen LogP contribution in [0.15, 0.2) is 24.3 Å². The average Bonchev–Trinajstić information content (AvgIpc) is 3.25. The molecule has 3 aliphatic rings. The van der Waals surface area contributed by atoms with Crippen LogP contribution in [0.3, 0.4) is 0 Å². The second-order valence-corrected chi connectivity index (χ2v) is 7.25. The highest BCUT2D eigenvalue weighted by molar-refractivity contribution is 5.78. The quantitative estimate of drug-likeness (QED) is 0.896.